The summed E-state index contributed by atoms with van der Waals surface area (Å²) in [5.74, 6) is 1.25. The number of piperidine rings is 1. The molecule has 1 saturated heterocycles. The Bertz CT molecular complexity index is 771. The summed E-state index contributed by atoms with van der Waals surface area (Å²) < 4.78 is 0. The molecule has 1 N–H and O–H groups in total. The first-order valence-corrected chi connectivity index (χ1v) is 9.50. The van der Waals surface area contributed by atoms with Gasteiger partial charge in [0.1, 0.15) is 5.82 Å². The van der Waals surface area contributed by atoms with E-state index >= 15 is 0 Å². The fourth-order valence-electron chi connectivity index (χ4n) is 3.36. The zero-order valence-corrected chi connectivity index (χ0v) is 15.7. The molecule has 0 saturated carbocycles. The van der Waals surface area contributed by atoms with Gasteiger partial charge in [-0.15, -0.1) is 0 Å². The molecule has 2 aromatic rings. The van der Waals surface area contributed by atoms with Crippen LogP contribution in [0.2, 0.25) is 0 Å². The summed E-state index contributed by atoms with van der Waals surface area (Å²) >= 11 is 0. The van der Waals surface area contributed by atoms with Crippen molar-refractivity contribution in [3.05, 3.63) is 59.7 Å². The van der Waals surface area contributed by atoms with E-state index in [2.05, 4.69) is 15.3 Å². The van der Waals surface area contributed by atoms with E-state index in [0.717, 1.165) is 43.0 Å². The van der Waals surface area contributed by atoms with Crippen molar-refractivity contribution in [2.45, 2.75) is 38.5 Å². The van der Waals surface area contributed by atoms with Crippen LogP contribution in [0.25, 0.3) is 0 Å². The quantitative estimate of drug-likeness (QED) is 0.851. The van der Waals surface area contributed by atoms with E-state index in [1.54, 1.807) is 6.20 Å². The molecule has 0 spiro atoms. The van der Waals surface area contributed by atoms with Crippen molar-refractivity contribution in [2.24, 2.45) is 0 Å². The van der Waals surface area contributed by atoms with Crippen LogP contribution in [0.5, 0.6) is 0 Å². The SMILES string of the molecule is Cc1ccnc(C2CCN(C(=O)CCNC(=O)Cc3ccccc3)CC2)n1. The van der Waals surface area contributed by atoms with Gasteiger partial charge in [-0.05, 0) is 31.4 Å². The summed E-state index contributed by atoms with van der Waals surface area (Å²) in [5, 5.41) is 2.84. The highest BCUT2D eigenvalue weighted by atomic mass is 16.2. The van der Waals surface area contributed by atoms with Gasteiger partial charge >= 0.3 is 0 Å². The van der Waals surface area contributed by atoms with Crippen LogP contribution in [0.4, 0.5) is 0 Å². The molecule has 6 heteroatoms. The molecule has 1 aromatic carbocycles. The molecule has 27 heavy (non-hydrogen) atoms. The Morgan fingerprint density at radius 3 is 2.59 bits per heavy atom. The van der Waals surface area contributed by atoms with Crippen LogP contribution in [0.15, 0.2) is 42.6 Å². The minimum Gasteiger partial charge on any atom is -0.355 e. The second-order valence-electron chi connectivity index (χ2n) is 6.97. The van der Waals surface area contributed by atoms with Gasteiger partial charge in [-0.3, -0.25) is 9.59 Å². The monoisotopic (exact) mass is 366 g/mol. The number of nitrogens with one attached hydrogen (secondary N) is 1. The zero-order chi connectivity index (χ0) is 19.1. The molecule has 1 aliphatic heterocycles. The molecule has 1 fully saturated rings. The smallest absolute Gasteiger partial charge is 0.224 e. The van der Waals surface area contributed by atoms with Crippen LogP contribution in [-0.2, 0) is 16.0 Å². The maximum atomic E-state index is 12.4. The summed E-state index contributed by atoms with van der Waals surface area (Å²) in [4.78, 5) is 35.1. The number of benzene rings is 1. The van der Waals surface area contributed by atoms with E-state index in [0.29, 0.717) is 25.3 Å². The van der Waals surface area contributed by atoms with Gasteiger partial charge in [0.05, 0.1) is 6.42 Å². The molecule has 0 atom stereocenters. The Hall–Kier alpha value is -2.76. The van der Waals surface area contributed by atoms with E-state index in [1.165, 1.54) is 0 Å². The van der Waals surface area contributed by atoms with Crippen LogP contribution in [0.1, 0.15) is 42.3 Å². The third kappa shape index (κ3) is 5.61. The molecule has 2 heterocycles. The summed E-state index contributed by atoms with van der Waals surface area (Å²) in [7, 11) is 0. The maximum absolute atomic E-state index is 12.4. The largest absolute Gasteiger partial charge is 0.355 e. The third-order valence-corrected chi connectivity index (χ3v) is 4.89. The van der Waals surface area contributed by atoms with Crippen molar-refractivity contribution < 1.29 is 9.59 Å². The Balaban J connectivity index is 1.37. The number of likely N-dealkylation sites (tertiary alicyclic amines) is 1. The van der Waals surface area contributed by atoms with E-state index in [1.807, 2.05) is 48.2 Å². The minimum atomic E-state index is -0.0516. The lowest BCUT2D eigenvalue weighted by Gasteiger charge is -2.31. The summed E-state index contributed by atoms with van der Waals surface area (Å²) in [6.45, 7) is 3.79. The normalized spacial score (nSPS) is 14.8. The number of rotatable bonds is 6. The highest BCUT2D eigenvalue weighted by molar-refractivity contribution is 5.80. The Labute approximate surface area is 160 Å². The van der Waals surface area contributed by atoms with Gasteiger partial charge in [0.15, 0.2) is 0 Å². The number of nitrogens with zero attached hydrogens (tertiary/aromatic N) is 3. The van der Waals surface area contributed by atoms with Gasteiger partial charge in [-0.1, -0.05) is 30.3 Å². The van der Waals surface area contributed by atoms with E-state index in [9.17, 15) is 9.59 Å². The van der Waals surface area contributed by atoms with Crippen LogP contribution in [-0.4, -0.2) is 46.3 Å². The molecule has 0 bridgehead atoms. The van der Waals surface area contributed by atoms with E-state index in [-0.39, 0.29) is 11.8 Å². The first-order valence-electron chi connectivity index (χ1n) is 9.50. The van der Waals surface area contributed by atoms with Crippen molar-refractivity contribution in [2.75, 3.05) is 19.6 Å². The first-order chi connectivity index (χ1) is 13.1. The molecular formula is C21H26N4O2. The van der Waals surface area contributed by atoms with Gasteiger partial charge in [-0.25, -0.2) is 9.97 Å². The van der Waals surface area contributed by atoms with Gasteiger partial charge in [0.2, 0.25) is 11.8 Å². The number of carbonyl (C=O) groups is 2. The fraction of sp³-hybridized carbons (Fsp3) is 0.429. The number of amides is 2. The molecular weight excluding hydrogens is 340 g/mol. The Morgan fingerprint density at radius 1 is 1.15 bits per heavy atom. The second kappa shape index (κ2) is 9.26. The average Bonchev–Trinajstić information content (AvgIpc) is 2.69. The predicted octanol–water partition coefficient (Wildman–Crippen LogP) is 2.24. The molecule has 1 aromatic heterocycles. The van der Waals surface area contributed by atoms with Crippen molar-refractivity contribution >= 4 is 11.8 Å². The second-order valence-corrected chi connectivity index (χ2v) is 6.97. The maximum Gasteiger partial charge on any atom is 0.224 e. The summed E-state index contributed by atoms with van der Waals surface area (Å²) in [6, 6.07) is 11.5. The lowest BCUT2D eigenvalue weighted by Crippen LogP contribution is -2.40. The molecule has 142 valence electrons. The first kappa shape index (κ1) is 19.0. The lowest BCUT2D eigenvalue weighted by atomic mass is 9.95. The highest BCUT2D eigenvalue weighted by Crippen LogP contribution is 2.25. The average molecular weight is 366 g/mol. The van der Waals surface area contributed by atoms with Crippen molar-refractivity contribution in [1.29, 1.82) is 0 Å². The van der Waals surface area contributed by atoms with Crippen molar-refractivity contribution in [3.8, 4) is 0 Å². The summed E-state index contributed by atoms with van der Waals surface area (Å²) in [5.41, 5.74) is 1.95. The van der Waals surface area contributed by atoms with Crippen LogP contribution >= 0.6 is 0 Å². The van der Waals surface area contributed by atoms with Gasteiger partial charge in [0, 0.05) is 43.9 Å². The number of aryl methyl sites for hydroxylation is 1. The third-order valence-electron chi connectivity index (χ3n) is 4.89. The fourth-order valence-corrected chi connectivity index (χ4v) is 3.36. The Morgan fingerprint density at radius 2 is 1.89 bits per heavy atom. The number of aromatic nitrogens is 2. The highest BCUT2D eigenvalue weighted by Gasteiger charge is 2.25. The van der Waals surface area contributed by atoms with Crippen LogP contribution in [0.3, 0.4) is 0 Å². The van der Waals surface area contributed by atoms with E-state index < -0.39 is 0 Å². The van der Waals surface area contributed by atoms with E-state index in [4.69, 9.17) is 0 Å². The predicted molar refractivity (Wildman–Crippen MR) is 103 cm³/mol. The van der Waals surface area contributed by atoms with Crippen LogP contribution < -0.4 is 5.32 Å². The zero-order valence-electron chi connectivity index (χ0n) is 15.7. The summed E-state index contributed by atoms with van der Waals surface area (Å²) in [6.07, 6.45) is 4.25. The minimum absolute atomic E-state index is 0.0516. The number of hydrogen-bond donors (Lipinski definition) is 1. The van der Waals surface area contributed by atoms with Gasteiger partial charge < -0.3 is 10.2 Å². The van der Waals surface area contributed by atoms with Gasteiger partial charge in [0.25, 0.3) is 0 Å². The molecule has 0 radical (unpaired) electrons. The molecule has 3 rings (SSSR count). The van der Waals surface area contributed by atoms with Gasteiger partial charge in [-0.2, -0.15) is 0 Å². The van der Waals surface area contributed by atoms with Crippen molar-refractivity contribution in [3.63, 3.8) is 0 Å². The number of carbonyl (C=O) groups excluding carboxylic acids is 2. The topological polar surface area (TPSA) is 75.2 Å². The Kier molecular flexibility index (Phi) is 6.52. The molecule has 1 aliphatic rings. The standard InChI is InChI=1S/C21H26N4O2/c1-16-7-11-23-21(24-16)18-9-13-25(14-10-18)20(27)8-12-22-19(26)15-17-5-3-2-4-6-17/h2-7,11,18H,8-10,12-15H2,1H3,(H,22,26). The lowest BCUT2D eigenvalue weighted by molar-refractivity contribution is -0.132. The molecule has 0 aliphatic carbocycles. The molecule has 0 unspecified atom stereocenters. The van der Waals surface area contributed by atoms with Crippen molar-refractivity contribution in [1.82, 2.24) is 20.2 Å². The molecule has 6 nitrogen and oxygen atoms in total. The van der Waals surface area contributed by atoms with Crippen LogP contribution in [0, 0.1) is 6.92 Å². The molecule has 2 amide bonds. The number of hydrogen-bond acceptors (Lipinski definition) is 4.